The standard InChI is InChI=1S/C20H26N4O2/c1-4-13-26-18-11-7-6-9-16(18)14-23-20(21-5-2)24-15-17-10-8-12-22-19(17)25-3/h4,6-12H,1,5,13-15H2,2-3H3,(H2,21,23,24). The molecule has 0 bridgehead atoms. The summed E-state index contributed by atoms with van der Waals surface area (Å²) < 4.78 is 11.0. The van der Waals surface area contributed by atoms with E-state index in [2.05, 4.69) is 27.2 Å². The molecule has 1 aromatic heterocycles. The van der Waals surface area contributed by atoms with Crippen molar-refractivity contribution in [3.8, 4) is 11.6 Å². The zero-order valence-corrected chi connectivity index (χ0v) is 15.4. The molecular formula is C20H26N4O2. The molecule has 2 rings (SSSR count). The van der Waals surface area contributed by atoms with Crippen LogP contribution in [0.4, 0.5) is 0 Å². The van der Waals surface area contributed by atoms with Gasteiger partial charge in [-0.15, -0.1) is 0 Å². The second-order valence-corrected chi connectivity index (χ2v) is 5.43. The molecule has 0 aliphatic carbocycles. The van der Waals surface area contributed by atoms with Crippen molar-refractivity contribution in [3.63, 3.8) is 0 Å². The summed E-state index contributed by atoms with van der Waals surface area (Å²) in [7, 11) is 1.61. The molecule has 0 radical (unpaired) electrons. The van der Waals surface area contributed by atoms with E-state index >= 15 is 0 Å². The van der Waals surface area contributed by atoms with Crippen LogP contribution in [0.1, 0.15) is 18.1 Å². The van der Waals surface area contributed by atoms with Crippen molar-refractivity contribution in [2.75, 3.05) is 20.3 Å². The molecule has 6 heteroatoms. The SMILES string of the molecule is C=CCOc1ccccc1CNC(=NCc1cccnc1OC)NCC. The lowest BCUT2D eigenvalue weighted by Gasteiger charge is -2.14. The van der Waals surface area contributed by atoms with Gasteiger partial charge >= 0.3 is 0 Å². The lowest BCUT2D eigenvalue weighted by atomic mass is 10.2. The van der Waals surface area contributed by atoms with Crippen LogP contribution in [0.5, 0.6) is 11.6 Å². The summed E-state index contributed by atoms with van der Waals surface area (Å²) in [6, 6.07) is 11.8. The summed E-state index contributed by atoms with van der Waals surface area (Å²) in [4.78, 5) is 8.81. The van der Waals surface area contributed by atoms with Crippen LogP contribution in [-0.4, -0.2) is 31.2 Å². The van der Waals surface area contributed by atoms with Crippen molar-refractivity contribution in [2.24, 2.45) is 4.99 Å². The Balaban J connectivity index is 2.05. The number of hydrogen-bond donors (Lipinski definition) is 2. The van der Waals surface area contributed by atoms with Crippen LogP contribution in [0.2, 0.25) is 0 Å². The molecule has 2 aromatic rings. The summed E-state index contributed by atoms with van der Waals surface area (Å²) in [5.74, 6) is 2.15. The number of benzene rings is 1. The van der Waals surface area contributed by atoms with E-state index in [0.29, 0.717) is 25.6 Å². The number of aromatic nitrogens is 1. The number of hydrogen-bond acceptors (Lipinski definition) is 4. The van der Waals surface area contributed by atoms with E-state index < -0.39 is 0 Å². The summed E-state index contributed by atoms with van der Waals surface area (Å²) in [6.07, 6.45) is 3.44. The Morgan fingerprint density at radius 1 is 1.19 bits per heavy atom. The Morgan fingerprint density at radius 3 is 2.77 bits per heavy atom. The van der Waals surface area contributed by atoms with E-state index in [4.69, 9.17) is 9.47 Å². The average molecular weight is 354 g/mol. The highest BCUT2D eigenvalue weighted by molar-refractivity contribution is 5.79. The highest BCUT2D eigenvalue weighted by atomic mass is 16.5. The predicted molar refractivity (Wildman–Crippen MR) is 105 cm³/mol. The quantitative estimate of drug-likeness (QED) is 0.412. The van der Waals surface area contributed by atoms with Gasteiger partial charge in [0.25, 0.3) is 0 Å². The molecule has 1 heterocycles. The van der Waals surface area contributed by atoms with Crippen molar-refractivity contribution in [1.29, 1.82) is 0 Å². The minimum absolute atomic E-state index is 0.473. The molecule has 2 N–H and O–H groups in total. The van der Waals surface area contributed by atoms with Gasteiger partial charge in [-0.1, -0.05) is 36.9 Å². The molecule has 26 heavy (non-hydrogen) atoms. The molecular weight excluding hydrogens is 328 g/mol. The van der Waals surface area contributed by atoms with Gasteiger partial charge in [0.1, 0.15) is 12.4 Å². The van der Waals surface area contributed by atoms with Gasteiger partial charge in [-0.3, -0.25) is 0 Å². The van der Waals surface area contributed by atoms with Crippen molar-refractivity contribution < 1.29 is 9.47 Å². The predicted octanol–water partition coefficient (Wildman–Crippen LogP) is 2.91. The first-order valence-corrected chi connectivity index (χ1v) is 8.60. The summed E-state index contributed by atoms with van der Waals surface area (Å²) in [6.45, 7) is 8.04. The molecule has 0 unspecified atom stereocenters. The molecule has 0 amide bonds. The number of guanidine groups is 1. The second-order valence-electron chi connectivity index (χ2n) is 5.43. The van der Waals surface area contributed by atoms with E-state index in [1.807, 2.05) is 43.3 Å². The zero-order valence-electron chi connectivity index (χ0n) is 15.4. The lowest BCUT2D eigenvalue weighted by Crippen LogP contribution is -2.36. The fourth-order valence-corrected chi connectivity index (χ4v) is 2.35. The van der Waals surface area contributed by atoms with E-state index in [0.717, 1.165) is 29.4 Å². The molecule has 6 nitrogen and oxygen atoms in total. The van der Waals surface area contributed by atoms with Crippen molar-refractivity contribution in [3.05, 3.63) is 66.4 Å². The molecule has 0 fully saturated rings. The normalized spacial score (nSPS) is 10.9. The Labute approximate surface area is 155 Å². The topological polar surface area (TPSA) is 67.8 Å². The second kappa shape index (κ2) is 10.8. The van der Waals surface area contributed by atoms with Gasteiger partial charge in [0.05, 0.1) is 13.7 Å². The fourth-order valence-electron chi connectivity index (χ4n) is 2.35. The largest absolute Gasteiger partial charge is 0.489 e. The van der Waals surface area contributed by atoms with Crippen molar-refractivity contribution in [1.82, 2.24) is 15.6 Å². The number of aliphatic imine (C=N–C) groups is 1. The van der Waals surface area contributed by atoms with E-state index in [9.17, 15) is 0 Å². The fraction of sp³-hybridized carbons (Fsp3) is 0.300. The monoisotopic (exact) mass is 354 g/mol. The maximum Gasteiger partial charge on any atom is 0.218 e. The van der Waals surface area contributed by atoms with Gasteiger partial charge in [0.2, 0.25) is 5.88 Å². The van der Waals surface area contributed by atoms with Gasteiger partial charge in [-0.2, -0.15) is 0 Å². The highest BCUT2D eigenvalue weighted by Crippen LogP contribution is 2.18. The number of nitrogens with zero attached hydrogens (tertiary/aromatic N) is 2. The van der Waals surface area contributed by atoms with Crippen LogP contribution in [0.3, 0.4) is 0 Å². The van der Waals surface area contributed by atoms with E-state index in [-0.39, 0.29) is 0 Å². The Hall–Kier alpha value is -3.02. The Morgan fingerprint density at radius 2 is 2.00 bits per heavy atom. The number of methoxy groups -OCH3 is 1. The van der Waals surface area contributed by atoms with Crippen molar-refractivity contribution in [2.45, 2.75) is 20.0 Å². The third kappa shape index (κ3) is 5.81. The van der Waals surface area contributed by atoms with E-state index in [1.165, 1.54) is 0 Å². The zero-order chi connectivity index (χ0) is 18.6. The van der Waals surface area contributed by atoms with Gasteiger partial charge in [0.15, 0.2) is 5.96 Å². The minimum atomic E-state index is 0.473. The molecule has 1 aromatic carbocycles. The van der Waals surface area contributed by atoms with Gasteiger partial charge in [0, 0.05) is 30.4 Å². The molecule has 0 saturated heterocycles. The third-order valence-electron chi connectivity index (χ3n) is 3.57. The molecule has 0 saturated carbocycles. The van der Waals surface area contributed by atoms with Gasteiger partial charge in [-0.25, -0.2) is 9.98 Å². The van der Waals surface area contributed by atoms with Crippen LogP contribution in [0.25, 0.3) is 0 Å². The summed E-state index contributed by atoms with van der Waals surface area (Å²) >= 11 is 0. The third-order valence-corrected chi connectivity index (χ3v) is 3.57. The summed E-state index contributed by atoms with van der Waals surface area (Å²) in [5.41, 5.74) is 1.99. The Bertz CT molecular complexity index is 731. The molecule has 0 aliphatic heterocycles. The minimum Gasteiger partial charge on any atom is -0.489 e. The first-order chi connectivity index (χ1) is 12.8. The Kier molecular flexibility index (Phi) is 7.99. The van der Waals surface area contributed by atoms with Crippen LogP contribution < -0.4 is 20.1 Å². The number of para-hydroxylation sites is 1. The lowest BCUT2D eigenvalue weighted by molar-refractivity contribution is 0.358. The molecule has 0 aliphatic rings. The smallest absolute Gasteiger partial charge is 0.218 e. The maximum absolute atomic E-state index is 5.70. The van der Waals surface area contributed by atoms with Crippen molar-refractivity contribution >= 4 is 5.96 Å². The highest BCUT2D eigenvalue weighted by Gasteiger charge is 2.06. The number of pyridine rings is 1. The summed E-state index contributed by atoms with van der Waals surface area (Å²) in [5, 5.41) is 6.58. The molecule has 138 valence electrons. The number of ether oxygens (including phenoxy) is 2. The van der Waals surface area contributed by atoms with Crippen LogP contribution >= 0.6 is 0 Å². The molecule has 0 spiro atoms. The first kappa shape index (κ1) is 19.3. The first-order valence-electron chi connectivity index (χ1n) is 8.60. The van der Waals surface area contributed by atoms with E-state index in [1.54, 1.807) is 19.4 Å². The average Bonchev–Trinajstić information content (AvgIpc) is 2.69. The number of rotatable bonds is 9. The van der Waals surface area contributed by atoms with Crippen LogP contribution in [0.15, 0.2) is 60.2 Å². The maximum atomic E-state index is 5.70. The molecule has 0 atom stereocenters. The van der Waals surface area contributed by atoms with Gasteiger partial charge in [-0.05, 0) is 19.1 Å². The van der Waals surface area contributed by atoms with Crippen LogP contribution in [0, 0.1) is 0 Å². The number of nitrogens with one attached hydrogen (secondary N) is 2. The van der Waals surface area contributed by atoms with Crippen LogP contribution in [-0.2, 0) is 13.1 Å². The van der Waals surface area contributed by atoms with Gasteiger partial charge < -0.3 is 20.1 Å².